The zero-order chi connectivity index (χ0) is 13.0. The summed E-state index contributed by atoms with van der Waals surface area (Å²) in [5.74, 6) is 0.812. The molecule has 1 aromatic heterocycles. The van der Waals surface area contributed by atoms with Gasteiger partial charge in [-0.3, -0.25) is 0 Å². The van der Waals surface area contributed by atoms with Crippen LogP contribution < -0.4 is 0 Å². The smallest absolute Gasteiger partial charge is 0.403 e. The lowest BCUT2D eigenvalue weighted by Gasteiger charge is -2.32. The van der Waals surface area contributed by atoms with Crippen molar-refractivity contribution >= 4 is 19.2 Å². The van der Waals surface area contributed by atoms with Crippen LogP contribution in [0.15, 0.2) is 23.3 Å². The van der Waals surface area contributed by atoms with Crippen molar-refractivity contribution in [1.82, 2.24) is 4.98 Å². The topological polar surface area (TPSA) is 43.7 Å². The number of fused-ring (bicyclic) bond motifs is 1. The van der Waals surface area contributed by atoms with Gasteiger partial charge in [0.05, 0.1) is 17.0 Å². The van der Waals surface area contributed by atoms with Crippen LogP contribution in [0.2, 0.25) is 0 Å². The van der Waals surface area contributed by atoms with Crippen LogP contribution in [-0.2, 0) is 9.31 Å². The van der Waals surface area contributed by atoms with E-state index in [1.54, 1.807) is 6.20 Å². The Bertz CT molecular complexity index is 497. The molecule has 0 aromatic carbocycles. The van der Waals surface area contributed by atoms with Gasteiger partial charge in [0.15, 0.2) is 5.82 Å². The molecule has 0 N–H and O–H groups in total. The van der Waals surface area contributed by atoms with Crippen LogP contribution in [0.5, 0.6) is 0 Å². The van der Waals surface area contributed by atoms with E-state index >= 15 is 0 Å². The van der Waals surface area contributed by atoms with Gasteiger partial charge in [0, 0.05) is 18.0 Å². The number of rotatable bonds is 1. The first-order valence-corrected chi connectivity index (χ1v) is 6.25. The van der Waals surface area contributed by atoms with Crippen LogP contribution >= 0.6 is 0 Å². The SMILES string of the molecule is CC1(C)OB(C2C=Nc3ncccc32)OC1(C)C. The standard InChI is InChI=1S/C13H17BN2O2/c1-12(2)13(3,4)18-14(17-12)10-8-16-11-9(10)6-5-7-15-11/h5-8,10H,1-4H3. The van der Waals surface area contributed by atoms with E-state index in [4.69, 9.17) is 9.31 Å². The minimum Gasteiger partial charge on any atom is -0.403 e. The Balaban J connectivity index is 1.90. The fourth-order valence-corrected chi connectivity index (χ4v) is 2.26. The van der Waals surface area contributed by atoms with Crippen LogP contribution in [0.4, 0.5) is 5.82 Å². The van der Waals surface area contributed by atoms with Crippen molar-refractivity contribution in [3.05, 3.63) is 23.9 Å². The van der Waals surface area contributed by atoms with Gasteiger partial charge in [-0.05, 0) is 33.8 Å². The highest BCUT2D eigenvalue weighted by molar-refractivity contribution is 6.52. The molecule has 4 nitrogen and oxygen atoms in total. The third-order valence-corrected chi connectivity index (χ3v) is 4.10. The molecule has 0 saturated carbocycles. The second kappa shape index (κ2) is 3.65. The molecule has 5 heteroatoms. The zero-order valence-electron chi connectivity index (χ0n) is 11.2. The summed E-state index contributed by atoms with van der Waals surface area (Å²) in [6.07, 6.45) is 3.63. The van der Waals surface area contributed by atoms with Crippen molar-refractivity contribution in [3.8, 4) is 0 Å². The van der Waals surface area contributed by atoms with Crippen LogP contribution in [-0.4, -0.2) is 29.5 Å². The van der Waals surface area contributed by atoms with Crippen molar-refractivity contribution in [3.63, 3.8) is 0 Å². The van der Waals surface area contributed by atoms with Gasteiger partial charge in [0.25, 0.3) is 0 Å². The first kappa shape index (κ1) is 11.9. The van der Waals surface area contributed by atoms with E-state index in [0.717, 1.165) is 11.4 Å². The molecule has 0 aliphatic carbocycles. The molecule has 94 valence electrons. The maximum atomic E-state index is 6.06. The maximum absolute atomic E-state index is 6.06. The summed E-state index contributed by atoms with van der Waals surface area (Å²) in [5.41, 5.74) is 0.462. The lowest BCUT2D eigenvalue weighted by molar-refractivity contribution is 0.00578. The molecule has 2 aliphatic heterocycles. The molecule has 1 atom stereocenters. The summed E-state index contributed by atoms with van der Waals surface area (Å²) in [7, 11) is -0.288. The third-order valence-electron chi connectivity index (χ3n) is 4.10. The highest BCUT2D eigenvalue weighted by Crippen LogP contribution is 2.42. The predicted octanol–water partition coefficient (Wildman–Crippen LogP) is 2.51. The first-order chi connectivity index (χ1) is 8.41. The highest BCUT2D eigenvalue weighted by atomic mass is 16.7. The number of aliphatic imine (C=N–C) groups is 1. The molecule has 0 bridgehead atoms. The van der Waals surface area contributed by atoms with Crippen molar-refractivity contribution in [2.24, 2.45) is 4.99 Å². The summed E-state index contributed by atoms with van der Waals surface area (Å²) in [6, 6.07) is 3.96. The van der Waals surface area contributed by atoms with Crippen LogP contribution in [0.1, 0.15) is 39.1 Å². The fourth-order valence-electron chi connectivity index (χ4n) is 2.26. The molecular weight excluding hydrogens is 227 g/mol. The van der Waals surface area contributed by atoms with Gasteiger partial charge in [0.2, 0.25) is 0 Å². The van der Waals surface area contributed by atoms with Gasteiger partial charge in [-0.15, -0.1) is 0 Å². The molecule has 1 aromatic rings. The average molecular weight is 244 g/mol. The Morgan fingerprint density at radius 3 is 2.50 bits per heavy atom. The van der Waals surface area contributed by atoms with Crippen molar-refractivity contribution in [2.75, 3.05) is 0 Å². The van der Waals surface area contributed by atoms with E-state index < -0.39 is 0 Å². The Morgan fingerprint density at radius 2 is 1.83 bits per heavy atom. The van der Waals surface area contributed by atoms with Crippen molar-refractivity contribution < 1.29 is 9.31 Å². The van der Waals surface area contributed by atoms with E-state index in [0.29, 0.717) is 0 Å². The molecule has 3 heterocycles. The van der Waals surface area contributed by atoms with Gasteiger partial charge >= 0.3 is 7.12 Å². The largest absolute Gasteiger partial charge is 0.471 e. The monoisotopic (exact) mass is 244 g/mol. The minimum absolute atomic E-state index is 0.0368. The van der Waals surface area contributed by atoms with E-state index in [9.17, 15) is 0 Å². The number of hydrogen-bond acceptors (Lipinski definition) is 4. The van der Waals surface area contributed by atoms with Gasteiger partial charge in [-0.2, -0.15) is 0 Å². The summed E-state index contributed by atoms with van der Waals surface area (Å²) in [6.45, 7) is 8.24. The molecular formula is C13H17BN2O2. The quantitative estimate of drug-likeness (QED) is 0.713. The average Bonchev–Trinajstić information content (AvgIpc) is 2.78. The second-order valence-corrected chi connectivity index (χ2v) is 5.84. The predicted molar refractivity (Wildman–Crippen MR) is 71.2 cm³/mol. The number of nitrogens with zero attached hydrogens (tertiary/aromatic N) is 2. The third kappa shape index (κ3) is 1.61. The second-order valence-electron chi connectivity index (χ2n) is 5.84. The Labute approximate surface area is 108 Å². The highest BCUT2D eigenvalue weighted by Gasteiger charge is 2.54. The van der Waals surface area contributed by atoms with Crippen molar-refractivity contribution in [2.45, 2.75) is 44.7 Å². The lowest BCUT2D eigenvalue weighted by atomic mass is 9.69. The van der Waals surface area contributed by atoms with Gasteiger partial charge in [-0.25, -0.2) is 9.98 Å². The maximum Gasteiger partial charge on any atom is 0.471 e. The summed E-state index contributed by atoms with van der Waals surface area (Å²) >= 11 is 0. The summed E-state index contributed by atoms with van der Waals surface area (Å²) < 4.78 is 12.1. The number of pyridine rings is 1. The van der Waals surface area contributed by atoms with E-state index in [2.05, 4.69) is 37.7 Å². The van der Waals surface area contributed by atoms with Crippen LogP contribution in [0.25, 0.3) is 0 Å². The van der Waals surface area contributed by atoms with E-state index in [1.165, 1.54) is 0 Å². The lowest BCUT2D eigenvalue weighted by Crippen LogP contribution is -2.41. The van der Waals surface area contributed by atoms with Gasteiger partial charge in [-0.1, -0.05) is 6.07 Å². The van der Waals surface area contributed by atoms with E-state index in [-0.39, 0.29) is 24.1 Å². The van der Waals surface area contributed by atoms with E-state index in [1.807, 2.05) is 18.3 Å². The van der Waals surface area contributed by atoms with Gasteiger partial charge < -0.3 is 9.31 Å². The molecule has 1 saturated heterocycles. The Hall–Kier alpha value is -1.20. The first-order valence-electron chi connectivity index (χ1n) is 6.25. The normalized spacial score (nSPS) is 27.6. The Morgan fingerprint density at radius 1 is 1.17 bits per heavy atom. The molecule has 1 fully saturated rings. The molecule has 18 heavy (non-hydrogen) atoms. The molecule has 0 amide bonds. The molecule has 1 unspecified atom stereocenters. The Kier molecular flexibility index (Phi) is 2.41. The molecule has 0 radical (unpaired) electrons. The van der Waals surface area contributed by atoms with Crippen LogP contribution in [0.3, 0.4) is 0 Å². The molecule has 0 spiro atoms. The number of aromatic nitrogens is 1. The molecule has 3 rings (SSSR count). The number of hydrogen-bond donors (Lipinski definition) is 0. The minimum atomic E-state index is -0.309. The fraction of sp³-hybridized carbons (Fsp3) is 0.538. The van der Waals surface area contributed by atoms with Gasteiger partial charge in [0.1, 0.15) is 0 Å². The summed E-state index contributed by atoms with van der Waals surface area (Å²) in [4.78, 5) is 8.57. The van der Waals surface area contributed by atoms with Crippen molar-refractivity contribution in [1.29, 1.82) is 0 Å². The summed E-state index contributed by atoms with van der Waals surface area (Å²) in [5, 5.41) is 0. The zero-order valence-corrected chi connectivity index (χ0v) is 11.2. The van der Waals surface area contributed by atoms with Crippen LogP contribution in [0, 0.1) is 0 Å². The molecule has 2 aliphatic rings.